The molecule has 0 aromatic carbocycles. The molecule has 19 heavy (non-hydrogen) atoms. The molecular formula is C13H25N5O. The lowest BCUT2D eigenvalue weighted by Crippen LogP contribution is -2.27. The molecule has 1 heterocycles. The molecular weight excluding hydrogens is 242 g/mol. The molecule has 6 nitrogen and oxygen atoms in total. The van der Waals surface area contributed by atoms with Gasteiger partial charge in [-0.15, -0.1) is 0 Å². The summed E-state index contributed by atoms with van der Waals surface area (Å²) in [5.41, 5.74) is 0. The third-order valence-corrected chi connectivity index (χ3v) is 2.59. The van der Waals surface area contributed by atoms with Crippen LogP contribution in [0.3, 0.4) is 0 Å². The fourth-order valence-electron chi connectivity index (χ4n) is 1.75. The maximum atomic E-state index is 5.15. The molecule has 0 amide bonds. The highest BCUT2D eigenvalue weighted by atomic mass is 16.5. The fraction of sp³-hybridized carbons (Fsp3) is 0.769. The number of rotatable bonds is 9. The van der Waals surface area contributed by atoms with Gasteiger partial charge in [0, 0.05) is 19.6 Å². The number of aromatic nitrogens is 3. The highest BCUT2D eigenvalue weighted by Crippen LogP contribution is 2.15. The second-order valence-electron chi connectivity index (χ2n) is 4.36. The van der Waals surface area contributed by atoms with Gasteiger partial charge in [-0.05, 0) is 19.3 Å². The molecule has 1 rings (SSSR count). The topological polar surface area (TPSA) is 63.2 Å². The largest absolute Gasteiger partial charge is 0.467 e. The van der Waals surface area contributed by atoms with Crippen molar-refractivity contribution in [2.45, 2.75) is 40.0 Å². The first-order chi connectivity index (χ1) is 9.24. The minimum atomic E-state index is 0.362. The summed E-state index contributed by atoms with van der Waals surface area (Å²) in [6.07, 6.45) is 3.15. The highest BCUT2D eigenvalue weighted by Gasteiger charge is 2.12. The molecule has 0 atom stereocenters. The molecule has 1 N–H and O–H groups in total. The van der Waals surface area contributed by atoms with Crippen molar-refractivity contribution in [3.8, 4) is 6.01 Å². The molecule has 0 aliphatic carbocycles. The highest BCUT2D eigenvalue weighted by molar-refractivity contribution is 5.38. The molecule has 0 aliphatic heterocycles. The summed E-state index contributed by atoms with van der Waals surface area (Å²) < 4.78 is 5.15. The van der Waals surface area contributed by atoms with Gasteiger partial charge in [-0.25, -0.2) is 0 Å². The fourth-order valence-corrected chi connectivity index (χ4v) is 1.75. The smallest absolute Gasteiger partial charge is 0.322 e. The lowest BCUT2D eigenvalue weighted by Gasteiger charge is -2.21. The van der Waals surface area contributed by atoms with Crippen molar-refractivity contribution < 1.29 is 4.74 Å². The van der Waals surface area contributed by atoms with Gasteiger partial charge in [0.2, 0.25) is 11.9 Å². The molecule has 0 fully saturated rings. The maximum Gasteiger partial charge on any atom is 0.322 e. The third-order valence-electron chi connectivity index (χ3n) is 2.59. The lowest BCUT2D eigenvalue weighted by atomic mass is 10.4. The summed E-state index contributed by atoms with van der Waals surface area (Å²) in [7, 11) is 1.58. The normalized spacial score (nSPS) is 10.3. The van der Waals surface area contributed by atoms with Gasteiger partial charge >= 0.3 is 6.01 Å². The van der Waals surface area contributed by atoms with Crippen LogP contribution in [0.15, 0.2) is 0 Å². The predicted molar refractivity (Wildman–Crippen MR) is 78.0 cm³/mol. The van der Waals surface area contributed by atoms with E-state index in [4.69, 9.17) is 4.74 Å². The lowest BCUT2D eigenvalue weighted by molar-refractivity contribution is 0.378. The van der Waals surface area contributed by atoms with Crippen molar-refractivity contribution in [3.05, 3.63) is 0 Å². The Labute approximate surface area is 115 Å². The summed E-state index contributed by atoms with van der Waals surface area (Å²) in [6.45, 7) is 9.12. The molecule has 1 aromatic rings. The Bertz CT molecular complexity index is 366. The van der Waals surface area contributed by atoms with Gasteiger partial charge in [0.15, 0.2) is 0 Å². The first-order valence-corrected chi connectivity index (χ1v) is 7.03. The summed E-state index contributed by atoms with van der Waals surface area (Å²) >= 11 is 0. The molecule has 1 aromatic heterocycles. The van der Waals surface area contributed by atoms with E-state index >= 15 is 0 Å². The standard InChI is InChI=1S/C13H25N5O/c1-5-8-14-11-15-12(17-13(16-11)19-4)18(9-6-2)10-7-3/h5-10H2,1-4H3,(H,14,15,16,17). The molecule has 0 spiro atoms. The van der Waals surface area contributed by atoms with Crippen LogP contribution in [0.5, 0.6) is 6.01 Å². The van der Waals surface area contributed by atoms with E-state index in [9.17, 15) is 0 Å². The molecule has 0 aliphatic rings. The van der Waals surface area contributed by atoms with E-state index in [1.165, 1.54) is 0 Å². The minimum Gasteiger partial charge on any atom is -0.467 e. The van der Waals surface area contributed by atoms with E-state index in [-0.39, 0.29) is 0 Å². The second kappa shape index (κ2) is 8.50. The van der Waals surface area contributed by atoms with Crippen molar-refractivity contribution >= 4 is 11.9 Å². The van der Waals surface area contributed by atoms with E-state index in [1.807, 2.05) is 0 Å². The van der Waals surface area contributed by atoms with Gasteiger partial charge in [-0.2, -0.15) is 15.0 Å². The zero-order valence-electron chi connectivity index (χ0n) is 12.4. The van der Waals surface area contributed by atoms with Crippen LogP contribution in [-0.2, 0) is 0 Å². The number of hydrogen-bond acceptors (Lipinski definition) is 6. The Morgan fingerprint density at radius 1 is 1.00 bits per heavy atom. The molecule has 0 radical (unpaired) electrons. The zero-order valence-corrected chi connectivity index (χ0v) is 12.4. The number of nitrogens with zero attached hydrogens (tertiary/aromatic N) is 4. The first-order valence-electron chi connectivity index (χ1n) is 7.03. The van der Waals surface area contributed by atoms with Gasteiger partial charge in [-0.1, -0.05) is 20.8 Å². The molecule has 0 bridgehead atoms. The van der Waals surface area contributed by atoms with E-state index in [1.54, 1.807) is 7.11 Å². The Kier molecular flexibility index (Phi) is 6.92. The average molecular weight is 267 g/mol. The number of nitrogens with one attached hydrogen (secondary N) is 1. The summed E-state index contributed by atoms with van der Waals surface area (Å²) in [4.78, 5) is 15.2. The summed E-state index contributed by atoms with van der Waals surface area (Å²) in [6, 6.07) is 0.362. The minimum absolute atomic E-state index is 0.362. The van der Waals surface area contributed by atoms with Crippen LogP contribution < -0.4 is 15.0 Å². The second-order valence-corrected chi connectivity index (χ2v) is 4.36. The maximum absolute atomic E-state index is 5.15. The molecule has 0 unspecified atom stereocenters. The van der Waals surface area contributed by atoms with Gasteiger partial charge in [0.25, 0.3) is 0 Å². The van der Waals surface area contributed by atoms with Crippen LogP contribution >= 0.6 is 0 Å². The zero-order chi connectivity index (χ0) is 14.1. The van der Waals surface area contributed by atoms with Crippen LogP contribution in [0.1, 0.15) is 40.0 Å². The quantitative estimate of drug-likeness (QED) is 0.741. The Balaban J connectivity index is 2.95. The molecule has 0 saturated carbocycles. The average Bonchev–Trinajstić information content (AvgIpc) is 2.44. The monoisotopic (exact) mass is 267 g/mol. The van der Waals surface area contributed by atoms with Crippen molar-refractivity contribution in [2.75, 3.05) is 37.0 Å². The van der Waals surface area contributed by atoms with Crippen molar-refractivity contribution in [1.29, 1.82) is 0 Å². The third kappa shape index (κ3) is 4.89. The van der Waals surface area contributed by atoms with Crippen LogP contribution in [0.25, 0.3) is 0 Å². The Morgan fingerprint density at radius 2 is 1.68 bits per heavy atom. The van der Waals surface area contributed by atoms with E-state index in [0.717, 1.165) is 38.9 Å². The van der Waals surface area contributed by atoms with Crippen molar-refractivity contribution in [2.24, 2.45) is 0 Å². The SMILES string of the molecule is CCCNc1nc(OC)nc(N(CCC)CCC)n1. The molecule has 108 valence electrons. The number of hydrogen-bond donors (Lipinski definition) is 1. The summed E-state index contributed by atoms with van der Waals surface area (Å²) in [5, 5.41) is 3.18. The van der Waals surface area contributed by atoms with Crippen molar-refractivity contribution in [1.82, 2.24) is 15.0 Å². The summed E-state index contributed by atoms with van der Waals surface area (Å²) in [5.74, 6) is 1.27. The van der Waals surface area contributed by atoms with Gasteiger partial charge in [0.1, 0.15) is 0 Å². The van der Waals surface area contributed by atoms with Crippen LogP contribution in [0.2, 0.25) is 0 Å². The number of ether oxygens (including phenoxy) is 1. The van der Waals surface area contributed by atoms with Gasteiger partial charge < -0.3 is 15.0 Å². The van der Waals surface area contributed by atoms with E-state index in [2.05, 4.69) is 45.9 Å². The predicted octanol–water partition coefficient (Wildman–Crippen LogP) is 2.33. The van der Waals surface area contributed by atoms with Gasteiger partial charge in [-0.3, -0.25) is 0 Å². The first kappa shape index (κ1) is 15.5. The number of anilines is 2. The molecule has 6 heteroatoms. The number of methoxy groups -OCH3 is 1. The Hall–Kier alpha value is -1.59. The van der Waals surface area contributed by atoms with Crippen LogP contribution in [-0.4, -0.2) is 41.7 Å². The van der Waals surface area contributed by atoms with Crippen LogP contribution in [0, 0.1) is 0 Å². The van der Waals surface area contributed by atoms with E-state index < -0.39 is 0 Å². The van der Waals surface area contributed by atoms with Crippen LogP contribution in [0.4, 0.5) is 11.9 Å². The van der Waals surface area contributed by atoms with Crippen molar-refractivity contribution in [3.63, 3.8) is 0 Å². The Morgan fingerprint density at radius 3 is 2.21 bits per heavy atom. The van der Waals surface area contributed by atoms with E-state index in [0.29, 0.717) is 17.9 Å². The van der Waals surface area contributed by atoms with Gasteiger partial charge in [0.05, 0.1) is 7.11 Å². The molecule has 0 saturated heterocycles.